The lowest BCUT2D eigenvalue weighted by Crippen LogP contribution is -2.23. The summed E-state index contributed by atoms with van der Waals surface area (Å²) in [5.74, 6) is -1.64. The van der Waals surface area contributed by atoms with Crippen LogP contribution in [0.15, 0.2) is 60.3 Å². The number of aryl methyl sites for hydroxylation is 1. The summed E-state index contributed by atoms with van der Waals surface area (Å²) in [6.45, 7) is 3.23. The van der Waals surface area contributed by atoms with E-state index < -0.39 is 29.3 Å². The number of carbonyl (C=O) groups is 2. The fraction of sp³-hybridized carbons (Fsp3) is 0.174. The first-order valence-electron chi connectivity index (χ1n) is 9.47. The van der Waals surface area contributed by atoms with Gasteiger partial charge in [-0.25, -0.2) is 4.79 Å². The standard InChI is InChI=1S/C23H21F3N2O5/c1-4-15(6-8-18(27)22(30)31)28-21(29)17-12-14(23(24,25)26)5-9-20(17)33-19-10-7-16(32-3)11-13(19)2/h4-12,27H,1-3H3,(H,28,29)(H,30,31)/b8-6-,15-4+,27-18?. The maximum absolute atomic E-state index is 13.3. The zero-order chi connectivity index (χ0) is 24.8. The molecule has 0 radical (unpaired) electrons. The molecule has 0 unspecified atom stereocenters. The van der Waals surface area contributed by atoms with Crippen LogP contribution in [0, 0.1) is 12.3 Å². The van der Waals surface area contributed by atoms with E-state index in [1.54, 1.807) is 25.1 Å². The maximum Gasteiger partial charge on any atom is 0.416 e. The molecule has 7 nitrogen and oxygen atoms in total. The van der Waals surface area contributed by atoms with Gasteiger partial charge in [-0.15, -0.1) is 0 Å². The van der Waals surface area contributed by atoms with Crippen molar-refractivity contribution in [2.75, 3.05) is 7.11 Å². The van der Waals surface area contributed by atoms with E-state index in [-0.39, 0.29) is 17.0 Å². The van der Waals surface area contributed by atoms with Gasteiger partial charge in [0.2, 0.25) is 0 Å². The second-order valence-corrected chi connectivity index (χ2v) is 6.69. The Kier molecular flexibility index (Phi) is 8.00. The molecule has 10 heteroatoms. The van der Waals surface area contributed by atoms with Gasteiger partial charge in [-0.05, 0) is 68.0 Å². The molecule has 2 aromatic carbocycles. The number of carbonyl (C=O) groups excluding carboxylic acids is 1. The van der Waals surface area contributed by atoms with Gasteiger partial charge >= 0.3 is 12.1 Å². The van der Waals surface area contributed by atoms with Crippen molar-refractivity contribution in [3.63, 3.8) is 0 Å². The number of benzene rings is 2. The molecule has 0 aliphatic heterocycles. The fourth-order valence-electron chi connectivity index (χ4n) is 2.61. The van der Waals surface area contributed by atoms with Crippen molar-refractivity contribution >= 4 is 17.6 Å². The molecule has 0 saturated carbocycles. The van der Waals surface area contributed by atoms with E-state index in [0.717, 1.165) is 24.3 Å². The van der Waals surface area contributed by atoms with Gasteiger partial charge in [0.1, 0.15) is 23.0 Å². The number of carboxylic acids is 1. The second kappa shape index (κ2) is 10.5. The van der Waals surface area contributed by atoms with Crippen LogP contribution in [0.1, 0.15) is 28.4 Å². The highest BCUT2D eigenvalue weighted by atomic mass is 19.4. The second-order valence-electron chi connectivity index (χ2n) is 6.69. The summed E-state index contributed by atoms with van der Waals surface area (Å²) in [4.78, 5) is 23.6. The molecule has 0 saturated heterocycles. The molecule has 0 aliphatic rings. The van der Waals surface area contributed by atoms with Crippen LogP contribution in [-0.2, 0) is 11.0 Å². The topological polar surface area (TPSA) is 109 Å². The number of hydrogen-bond acceptors (Lipinski definition) is 5. The third-order valence-corrected chi connectivity index (χ3v) is 4.38. The highest BCUT2D eigenvalue weighted by molar-refractivity contribution is 6.39. The Labute approximate surface area is 187 Å². The summed E-state index contributed by atoms with van der Waals surface area (Å²) in [6, 6.07) is 7.35. The number of halogens is 3. The normalized spacial score (nSPS) is 11.9. The van der Waals surface area contributed by atoms with Gasteiger partial charge in [0.25, 0.3) is 5.91 Å². The van der Waals surface area contributed by atoms with Crippen molar-refractivity contribution in [3.05, 3.63) is 77.0 Å². The molecule has 0 fully saturated rings. The summed E-state index contributed by atoms with van der Waals surface area (Å²) in [5, 5.41) is 18.4. The highest BCUT2D eigenvalue weighted by Gasteiger charge is 2.32. The molecule has 0 aromatic heterocycles. The summed E-state index contributed by atoms with van der Waals surface area (Å²) in [6.07, 6.45) is -1.22. The average molecular weight is 462 g/mol. The monoisotopic (exact) mass is 462 g/mol. The van der Waals surface area contributed by atoms with Crippen LogP contribution in [0.4, 0.5) is 13.2 Å². The Balaban J connectivity index is 2.42. The van der Waals surface area contributed by atoms with Crippen molar-refractivity contribution in [2.24, 2.45) is 0 Å². The number of ether oxygens (including phenoxy) is 2. The third kappa shape index (κ3) is 6.70. The molecule has 0 bridgehead atoms. The maximum atomic E-state index is 13.3. The number of rotatable bonds is 8. The van der Waals surface area contributed by atoms with Gasteiger partial charge in [-0.1, -0.05) is 6.08 Å². The molecule has 0 spiro atoms. The van der Waals surface area contributed by atoms with Crippen LogP contribution in [0.5, 0.6) is 17.2 Å². The summed E-state index contributed by atoms with van der Waals surface area (Å²) >= 11 is 0. The zero-order valence-corrected chi connectivity index (χ0v) is 17.9. The molecule has 0 atom stereocenters. The lowest BCUT2D eigenvalue weighted by atomic mass is 10.1. The molecular weight excluding hydrogens is 441 g/mol. The zero-order valence-electron chi connectivity index (χ0n) is 17.9. The van der Waals surface area contributed by atoms with Crippen molar-refractivity contribution in [1.29, 1.82) is 5.41 Å². The van der Waals surface area contributed by atoms with E-state index in [1.165, 1.54) is 20.1 Å². The van der Waals surface area contributed by atoms with Crippen LogP contribution in [0.3, 0.4) is 0 Å². The van der Waals surface area contributed by atoms with Crippen molar-refractivity contribution in [3.8, 4) is 17.2 Å². The van der Waals surface area contributed by atoms with Crippen molar-refractivity contribution in [1.82, 2.24) is 5.32 Å². The van der Waals surface area contributed by atoms with Gasteiger partial charge in [0, 0.05) is 5.70 Å². The first kappa shape index (κ1) is 25.2. The largest absolute Gasteiger partial charge is 0.497 e. The van der Waals surface area contributed by atoms with Gasteiger partial charge < -0.3 is 19.9 Å². The minimum atomic E-state index is -4.69. The number of methoxy groups -OCH3 is 1. The number of carboxylic acid groups (broad SMARTS) is 1. The van der Waals surface area contributed by atoms with Crippen LogP contribution >= 0.6 is 0 Å². The highest BCUT2D eigenvalue weighted by Crippen LogP contribution is 2.35. The van der Waals surface area contributed by atoms with Crippen LogP contribution in [0.25, 0.3) is 0 Å². The van der Waals surface area contributed by atoms with E-state index in [1.807, 2.05) is 0 Å². The van der Waals surface area contributed by atoms with Crippen LogP contribution < -0.4 is 14.8 Å². The van der Waals surface area contributed by atoms with E-state index in [0.29, 0.717) is 23.1 Å². The molecule has 0 aliphatic carbocycles. The SMILES string of the molecule is C/C=C(\C=C/C(=N)C(=O)O)NC(=O)c1cc(C(F)(F)F)ccc1Oc1ccc(OC)cc1C. The molecule has 0 heterocycles. The van der Waals surface area contributed by atoms with E-state index in [9.17, 15) is 22.8 Å². The first-order chi connectivity index (χ1) is 15.5. The number of hydrogen-bond donors (Lipinski definition) is 3. The Morgan fingerprint density at radius 2 is 1.76 bits per heavy atom. The van der Waals surface area contributed by atoms with Gasteiger partial charge in [-0.3, -0.25) is 10.2 Å². The molecule has 2 aromatic rings. The first-order valence-corrected chi connectivity index (χ1v) is 9.47. The van der Waals surface area contributed by atoms with Crippen molar-refractivity contribution < 1.29 is 37.3 Å². The predicted octanol–water partition coefficient (Wildman–Crippen LogP) is 5.11. The number of alkyl halides is 3. The van der Waals surface area contributed by atoms with Gasteiger partial charge in [-0.2, -0.15) is 13.2 Å². The van der Waals surface area contributed by atoms with Crippen LogP contribution in [0.2, 0.25) is 0 Å². The van der Waals surface area contributed by atoms with E-state index in [2.05, 4.69) is 5.32 Å². The van der Waals surface area contributed by atoms with E-state index >= 15 is 0 Å². The molecule has 174 valence electrons. The van der Waals surface area contributed by atoms with Gasteiger partial charge in [0.05, 0.1) is 18.2 Å². The average Bonchev–Trinajstić information content (AvgIpc) is 2.76. The Hall–Kier alpha value is -4.08. The number of amides is 1. The Morgan fingerprint density at radius 3 is 2.30 bits per heavy atom. The Bertz CT molecular complexity index is 1140. The minimum Gasteiger partial charge on any atom is -0.497 e. The number of aliphatic carboxylic acids is 1. The predicted molar refractivity (Wildman–Crippen MR) is 115 cm³/mol. The van der Waals surface area contributed by atoms with E-state index in [4.69, 9.17) is 20.0 Å². The molecule has 33 heavy (non-hydrogen) atoms. The summed E-state index contributed by atoms with van der Waals surface area (Å²) < 4.78 is 50.6. The molecule has 3 N–H and O–H groups in total. The number of nitrogens with one attached hydrogen (secondary N) is 2. The smallest absolute Gasteiger partial charge is 0.416 e. The molecular formula is C23H21F3N2O5. The quantitative estimate of drug-likeness (QED) is 0.373. The summed E-state index contributed by atoms with van der Waals surface area (Å²) in [5.41, 5.74) is -1.46. The number of allylic oxidation sites excluding steroid dienone is 2. The fourth-order valence-corrected chi connectivity index (χ4v) is 2.61. The van der Waals surface area contributed by atoms with Crippen LogP contribution in [-0.4, -0.2) is 29.8 Å². The molecule has 2 rings (SSSR count). The summed E-state index contributed by atoms with van der Waals surface area (Å²) in [7, 11) is 1.48. The van der Waals surface area contributed by atoms with Gasteiger partial charge in [0.15, 0.2) is 0 Å². The van der Waals surface area contributed by atoms with Crippen molar-refractivity contribution in [2.45, 2.75) is 20.0 Å². The lowest BCUT2D eigenvalue weighted by molar-refractivity contribution is -0.137. The third-order valence-electron chi connectivity index (χ3n) is 4.38. The minimum absolute atomic E-state index is 0.0787. The molecule has 1 amide bonds. The Morgan fingerprint density at radius 1 is 1.09 bits per heavy atom. The lowest BCUT2D eigenvalue weighted by Gasteiger charge is -2.16.